The van der Waals surface area contributed by atoms with Gasteiger partial charge in [0.15, 0.2) is 0 Å². The van der Waals surface area contributed by atoms with E-state index in [1.807, 2.05) is 0 Å². The number of nitrogens with zero attached hydrogens (tertiary/aromatic N) is 3. The van der Waals surface area contributed by atoms with E-state index in [4.69, 9.17) is 11.6 Å². The third-order valence-electron chi connectivity index (χ3n) is 2.68. The molecule has 1 heterocycles. The van der Waals surface area contributed by atoms with Gasteiger partial charge in [-0.3, -0.25) is 0 Å². The summed E-state index contributed by atoms with van der Waals surface area (Å²) in [6, 6.07) is 4.05. The zero-order valence-corrected chi connectivity index (χ0v) is 10.8. The molecule has 0 spiro atoms. The minimum absolute atomic E-state index is 0.178. The van der Waals surface area contributed by atoms with Crippen molar-refractivity contribution in [1.82, 2.24) is 15.0 Å². The van der Waals surface area contributed by atoms with Crippen molar-refractivity contribution in [3.05, 3.63) is 41.2 Å². The number of rotatable bonds is 3. The molecule has 0 saturated carbocycles. The summed E-state index contributed by atoms with van der Waals surface area (Å²) in [7, 11) is 0. The molecule has 0 bridgehead atoms. The fraction of sp³-hybridized carbons (Fsp3) is 0.333. The Morgan fingerprint density at radius 2 is 2.05 bits per heavy atom. The van der Waals surface area contributed by atoms with Crippen molar-refractivity contribution in [3.63, 3.8) is 0 Å². The quantitative estimate of drug-likeness (QED) is 0.811. The maximum Gasteiger partial charge on any atom is 0.416 e. The van der Waals surface area contributed by atoms with Gasteiger partial charge in [0, 0.05) is 12.3 Å². The SMILES string of the molecule is Cc1ccc(-n2cc(CCCl)nn2)cc1C(F)(F)F. The molecule has 0 fully saturated rings. The van der Waals surface area contributed by atoms with Crippen LogP contribution in [0.5, 0.6) is 0 Å². The topological polar surface area (TPSA) is 30.7 Å². The standard InChI is InChI=1S/C12H11ClF3N3/c1-8-2-3-10(6-11(8)12(14,15)16)19-7-9(4-5-13)17-18-19/h2-3,6-7H,4-5H2,1H3. The van der Waals surface area contributed by atoms with E-state index in [1.54, 1.807) is 12.3 Å². The molecule has 2 rings (SSSR count). The smallest absolute Gasteiger partial charge is 0.220 e. The molecule has 0 radical (unpaired) electrons. The lowest BCUT2D eigenvalue weighted by Gasteiger charge is -2.11. The van der Waals surface area contributed by atoms with Gasteiger partial charge in [-0.25, -0.2) is 4.68 Å². The minimum Gasteiger partial charge on any atom is -0.220 e. The predicted molar refractivity (Wildman–Crippen MR) is 65.5 cm³/mol. The summed E-state index contributed by atoms with van der Waals surface area (Å²) in [5.41, 5.74) is 0.479. The number of hydrogen-bond acceptors (Lipinski definition) is 2. The Bertz CT molecular complexity index is 578. The number of aromatic nitrogens is 3. The lowest BCUT2D eigenvalue weighted by Crippen LogP contribution is -2.09. The van der Waals surface area contributed by atoms with Gasteiger partial charge in [-0.15, -0.1) is 16.7 Å². The van der Waals surface area contributed by atoms with Crippen LogP contribution in [-0.2, 0) is 12.6 Å². The van der Waals surface area contributed by atoms with Crippen LogP contribution < -0.4 is 0 Å². The molecular formula is C12H11ClF3N3. The number of aryl methyl sites for hydroxylation is 2. The Hall–Kier alpha value is -1.56. The number of hydrogen-bond donors (Lipinski definition) is 0. The molecule has 19 heavy (non-hydrogen) atoms. The molecule has 0 saturated heterocycles. The third-order valence-corrected chi connectivity index (χ3v) is 2.87. The Balaban J connectivity index is 2.39. The number of halogens is 4. The predicted octanol–water partition coefficient (Wildman–Crippen LogP) is 3.38. The van der Waals surface area contributed by atoms with Crippen LogP contribution in [0.25, 0.3) is 5.69 Å². The molecule has 0 unspecified atom stereocenters. The van der Waals surface area contributed by atoms with E-state index in [9.17, 15) is 13.2 Å². The van der Waals surface area contributed by atoms with Gasteiger partial charge in [0.1, 0.15) is 0 Å². The van der Waals surface area contributed by atoms with Gasteiger partial charge in [0.2, 0.25) is 0 Å². The van der Waals surface area contributed by atoms with Crippen LogP contribution in [0.1, 0.15) is 16.8 Å². The van der Waals surface area contributed by atoms with E-state index >= 15 is 0 Å². The van der Waals surface area contributed by atoms with Crippen LogP contribution in [0, 0.1) is 6.92 Å². The van der Waals surface area contributed by atoms with Crippen LogP contribution in [0.15, 0.2) is 24.4 Å². The molecule has 1 aromatic heterocycles. The molecule has 0 amide bonds. The molecule has 0 aliphatic rings. The molecule has 7 heteroatoms. The van der Waals surface area contributed by atoms with Crippen molar-refractivity contribution >= 4 is 11.6 Å². The first-order valence-corrected chi connectivity index (χ1v) is 6.10. The van der Waals surface area contributed by atoms with Crippen molar-refractivity contribution < 1.29 is 13.2 Å². The molecule has 0 N–H and O–H groups in total. The van der Waals surface area contributed by atoms with Gasteiger partial charge in [-0.2, -0.15) is 13.2 Å². The first-order chi connectivity index (χ1) is 8.91. The van der Waals surface area contributed by atoms with E-state index in [2.05, 4.69) is 10.3 Å². The maximum absolute atomic E-state index is 12.8. The molecule has 0 aliphatic heterocycles. The van der Waals surface area contributed by atoms with E-state index < -0.39 is 11.7 Å². The highest BCUT2D eigenvalue weighted by molar-refractivity contribution is 6.17. The van der Waals surface area contributed by atoms with Crippen LogP contribution in [0.3, 0.4) is 0 Å². The summed E-state index contributed by atoms with van der Waals surface area (Å²) < 4.78 is 39.7. The average molecular weight is 290 g/mol. The monoisotopic (exact) mass is 289 g/mol. The van der Waals surface area contributed by atoms with E-state index in [1.165, 1.54) is 17.7 Å². The van der Waals surface area contributed by atoms with Crippen molar-refractivity contribution in [1.29, 1.82) is 0 Å². The van der Waals surface area contributed by atoms with E-state index in [-0.39, 0.29) is 5.56 Å². The first-order valence-electron chi connectivity index (χ1n) is 5.57. The van der Waals surface area contributed by atoms with Crippen molar-refractivity contribution in [2.75, 3.05) is 5.88 Å². The highest BCUT2D eigenvalue weighted by Crippen LogP contribution is 2.32. The molecule has 2 aromatic rings. The lowest BCUT2D eigenvalue weighted by atomic mass is 10.1. The highest BCUT2D eigenvalue weighted by atomic mass is 35.5. The number of alkyl halides is 4. The Morgan fingerprint density at radius 3 is 2.68 bits per heavy atom. The number of benzene rings is 1. The van der Waals surface area contributed by atoms with Crippen LogP contribution in [-0.4, -0.2) is 20.9 Å². The molecule has 1 aromatic carbocycles. The van der Waals surface area contributed by atoms with E-state index in [0.29, 0.717) is 23.7 Å². The van der Waals surface area contributed by atoms with E-state index in [0.717, 1.165) is 6.07 Å². The first kappa shape index (κ1) is 13.9. The fourth-order valence-electron chi connectivity index (χ4n) is 1.69. The maximum atomic E-state index is 12.8. The van der Waals surface area contributed by atoms with Crippen LogP contribution in [0.2, 0.25) is 0 Å². The van der Waals surface area contributed by atoms with Crippen LogP contribution in [0.4, 0.5) is 13.2 Å². The van der Waals surface area contributed by atoms with Crippen molar-refractivity contribution in [3.8, 4) is 5.69 Å². The van der Waals surface area contributed by atoms with Gasteiger partial charge in [-0.05, 0) is 24.6 Å². The third kappa shape index (κ3) is 3.07. The molecule has 0 atom stereocenters. The Kier molecular flexibility index (Phi) is 3.80. The average Bonchev–Trinajstić information content (AvgIpc) is 2.77. The summed E-state index contributed by atoms with van der Waals surface area (Å²) in [6.45, 7) is 1.42. The van der Waals surface area contributed by atoms with Gasteiger partial charge >= 0.3 is 6.18 Å². The zero-order valence-electron chi connectivity index (χ0n) is 10.1. The second kappa shape index (κ2) is 5.21. The minimum atomic E-state index is -4.38. The molecular weight excluding hydrogens is 279 g/mol. The summed E-state index contributed by atoms with van der Waals surface area (Å²) in [5.74, 6) is 0.389. The second-order valence-corrected chi connectivity index (χ2v) is 4.47. The molecule has 102 valence electrons. The van der Waals surface area contributed by atoms with Crippen LogP contribution >= 0.6 is 11.6 Å². The summed E-state index contributed by atoms with van der Waals surface area (Å²) >= 11 is 5.57. The van der Waals surface area contributed by atoms with Gasteiger partial charge in [0.25, 0.3) is 0 Å². The summed E-state index contributed by atoms with van der Waals surface area (Å²) in [4.78, 5) is 0. The zero-order chi connectivity index (χ0) is 14.0. The Morgan fingerprint density at radius 1 is 1.32 bits per heavy atom. The largest absolute Gasteiger partial charge is 0.416 e. The molecule has 0 aliphatic carbocycles. The molecule has 3 nitrogen and oxygen atoms in total. The Labute approximate surface area is 113 Å². The normalized spacial score (nSPS) is 11.8. The van der Waals surface area contributed by atoms with Crippen molar-refractivity contribution in [2.24, 2.45) is 0 Å². The second-order valence-electron chi connectivity index (χ2n) is 4.09. The van der Waals surface area contributed by atoms with Gasteiger partial charge in [-0.1, -0.05) is 11.3 Å². The van der Waals surface area contributed by atoms with Crippen molar-refractivity contribution in [2.45, 2.75) is 19.5 Å². The van der Waals surface area contributed by atoms with Gasteiger partial charge in [0.05, 0.1) is 23.1 Å². The van der Waals surface area contributed by atoms with Gasteiger partial charge < -0.3 is 0 Å². The summed E-state index contributed by atoms with van der Waals surface area (Å²) in [6.07, 6.45) is -2.27. The lowest BCUT2D eigenvalue weighted by molar-refractivity contribution is -0.138. The highest BCUT2D eigenvalue weighted by Gasteiger charge is 2.32. The fourth-order valence-corrected chi connectivity index (χ4v) is 1.89. The summed E-state index contributed by atoms with van der Waals surface area (Å²) in [5, 5.41) is 7.64.